The van der Waals surface area contributed by atoms with Crippen LogP contribution in [0.1, 0.15) is 5.56 Å². The highest BCUT2D eigenvalue weighted by Gasteiger charge is 2.12. The number of methoxy groups -OCH3 is 1. The largest absolute Gasteiger partial charge is 0.504 e. The first-order chi connectivity index (χ1) is 9.52. The summed E-state index contributed by atoms with van der Waals surface area (Å²) in [5, 5.41) is 13.5. The van der Waals surface area contributed by atoms with Crippen molar-refractivity contribution in [3.05, 3.63) is 51.8 Å². The standard InChI is InChI=1S/C14H12Cl2FNO2/c1-20-12-6-9(15)5-8(14(12)19)7-18-13-10(16)3-2-4-11(13)17/h2-6,18-19H,7H2,1H3. The third kappa shape index (κ3) is 3.08. The fraction of sp³-hybridized carbons (Fsp3) is 0.143. The summed E-state index contributed by atoms with van der Waals surface area (Å²) in [5.41, 5.74) is 0.654. The van der Waals surface area contributed by atoms with E-state index in [9.17, 15) is 9.50 Å². The van der Waals surface area contributed by atoms with Gasteiger partial charge in [0.05, 0.1) is 17.8 Å². The number of rotatable bonds is 4. The van der Waals surface area contributed by atoms with Gasteiger partial charge in [-0.2, -0.15) is 0 Å². The average Bonchev–Trinajstić information content (AvgIpc) is 2.41. The topological polar surface area (TPSA) is 41.5 Å². The van der Waals surface area contributed by atoms with E-state index in [0.29, 0.717) is 10.6 Å². The van der Waals surface area contributed by atoms with Gasteiger partial charge in [0.1, 0.15) is 5.82 Å². The normalized spacial score (nSPS) is 10.4. The van der Waals surface area contributed by atoms with Crippen LogP contribution >= 0.6 is 23.2 Å². The van der Waals surface area contributed by atoms with Crippen molar-refractivity contribution < 1.29 is 14.2 Å². The molecule has 0 spiro atoms. The lowest BCUT2D eigenvalue weighted by atomic mass is 10.1. The summed E-state index contributed by atoms with van der Waals surface area (Å²) < 4.78 is 18.6. The predicted molar refractivity (Wildman–Crippen MR) is 78.4 cm³/mol. The van der Waals surface area contributed by atoms with Crippen molar-refractivity contribution in [3.8, 4) is 11.5 Å². The molecule has 0 fully saturated rings. The summed E-state index contributed by atoms with van der Waals surface area (Å²) in [5.74, 6) is -0.253. The Morgan fingerprint density at radius 1 is 1.30 bits per heavy atom. The first-order valence-corrected chi connectivity index (χ1v) is 6.51. The van der Waals surface area contributed by atoms with Crippen LogP contribution in [-0.2, 0) is 6.54 Å². The number of benzene rings is 2. The van der Waals surface area contributed by atoms with Crippen LogP contribution in [0.25, 0.3) is 0 Å². The maximum Gasteiger partial charge on any atom is 0.162 e. The summed E-state index contributed by atoms with van der Waals surface area (Å²) in [7, 11) is 1.43. The Balaban J connectivity index is 2.25. The van der Waals surface area contributed by atoms with Crippen LogP contribution in [0.3, 0.4) is 0 Å². The molecule has 0 amide bonds. The van der Waals surface area contributed by atoms with Gasteiger partial charge >= 0.3 is 0 Å². The first-order valence-electron chi connectivity index (χ1n) is 5.76. The van der Waals surface area contributed by atoms with E-state index in [-0.39, 0.29) is 28.8 Å². The van der Waals surface area contributed by atoms with Gasteiger partial charge in [-0.1, -0.05) is 29.3 Å². The number of hydrogen-bond donors (Lipinski definition) is 2. The Morgan fingerprint density at radius 2 is 2.05 bits per heavy atom. The van der Waals surface area contributed by atoms with Gasteiger partial charge < -0.3 is 15.2 Å². The van der Waals surface area contributed by atoms with Crippen molar-refractivity contribution in [1.29, 1.82) is 0 Å². The van der Waals surface area contributed by atoms with Crippen LogP contribution in [-0.4, -0.2) is 12.2 Å². The number of para-hydroxylation sites is 1. The zero-order chi connectivity index (χ0) is 14.7. The molecule has 6 heteroatoms. The van der Waals surface area contributed by atoms with Crippen LogP contribution in [0.4, 0.5) is 10.1 Å². The minimum atomic E-state index is -0.467. The number of phenolic OH excluding ortho intramolecular Hbond substituents is 1. The monoisotopic (exact) mass is 315 g/mol. The molecule has 0 bridgehead atoms. The van der Waals surface area contributed by atoms with E-state index in [4.69, 9.17) is 27.9 Å². The summed E-state index contributed by atoms with van der Waals surface area (Å²) in [6.07, 6.45) is 0. The minimum Gasteiger partial charge on any atom is -0.504 e. The molecule has 2 aromatic carbocycles. The number of phenols is 1. The Hall–Kier alpha value is -1.65. The summed E-state index contributed by atoms with van der Waals surface area (Å²) in [4.78, 5) is 0. The van der Waals surface area contributed by atoms with Crippen LogP contribution in [0, 0.1) is 5.82 Å². The lowest BCUT2D eigenvalue weighted by Gasteiger charge is -2.13. The maximum absolute atomic E-state index is 13.6. The molecule has 2 rings (SSSR count). The van der Waals surface area contributed by atoms with E-state index in [2.05, 4.69) is 5.32 Å². The highest BCUT2D eigenvalue weighted by molar-refractivity contribution is 6.33. The zero-order valence-corrected chi connectivity index (χ0v) is 12.1. The van der Waals surface area contributed by atoms with Crippen LogP contribution in [0.15, 0.2) is 30.3 Å². The molecule has 2 aromatic rings. The average molecular weight is 316 g/mol. The minimum absolute atomic E-state index is 0.0446. The van der Waals surface area contributed by atoms with Crippen molar-refractivity contribution >= 4 is 28.9 Å². The van der Waals surface area contributed by atoms with Crippen molar-refractivity contribution in [2.75, 3.05) is 12.4 Å². The third-order valence-electron chi connectivity index (χ3n) is 2.76. The second-order valence-corrected chi connectivity index (χ2v) is 4.91. The molecule has 0 aliphatic carbocycles. The van der Waals surface area contributed by atoms with E-state index in [0.717, 1.165) is 0 Å². The van der Waals surface area contributed by atoms with E-state index in [1.807, 2.05) is 0 Å². The second-order valence-electron chi connectivity index (χ2n) is 4.07. The SMILES string of the molecule is COc1cc(Cl)cc(CNc2c(F)cccc2Cl)c1O. The van der Waals surface area contributed by atoms with Gasteiger partial charge in [0.2, 0.25) is 0 Å². The van der Waals surface area contributed by atoms with Crippen LogP contribution in [0.2, 0.25) is 10.0 Å². The quantitative estimate of drug-likeness (QED) is 0.875. The molecular weight excluding hydrogens is 304 g/mol. The molecule has 0 saturated carbocycles. The summed E-state index contributed by atoms with van der Waals surface area (Å²) in [6.45, 7) is 0.156. The fourth-order valence-corrected chi connectivity index (χ4v) is 2.23. The van der Waals surface area contributed by atoms with Gasteiger partial charge in [0, 0.05) is 23.2 Å². The van der Waals surface area contributed by atoms with Crippen molar-refractivity contribution in [2.24, 2.45) is 0 Å². The zero-order valence-electron chi connectivity index (χ0n) is 10.6. The van der Waals surface area contributed by atoms with Gasteiger partial charge in [0.25, 0.3) is 0 Å². The second kappa shape index (κ2) is 6.20. The van der Waals surface area contributed by atoms with Crippen LogP contribution in [0.5, 0.6) is 11.5 Å². The van der Waals surface area contributed by atoms with Gasteiger partial charge in [-0.3, -0.25) is 0 Å². The van der Waals surface area contributed by atoms with E-state index in [1.54, 1.807) is 12.1 Å². The molecule has 106 valence electrons. The van der Waals surface area contributed by atoms with Gasteiger partial charge in [0.15, 0.2) is 11.5 Å². The molecule has 20 heavy (non-hydrogen) atoms. The third-order valence-corrected chi connectivity index (χ3v) is 3.29. The Morgan fingerprint density at radius 3 is 2.70 bits per heavy atom. The molecule has 0 atom stereocenters. The number of ether oxygens (including phenoxy) is 1. The van der Waals surface area contributed by atoms with E-state index >= 15 is 0 Å². The number of aromatic hydroxyl groups is 1. The predicted octanol–water partition coefficient (Wildman–Crippen LogP) is 4.46. The number of halogens is 3. The molecule has 0 heterocycles. The van der Waals surface area contributed by atoms with E-state index in [1.165, 1.54) is 25.3 Å². The van der Waals surface area contributed by atoms with Gasteiger partial charge in [-0.15, -0.1) is 0 Å². The first kappa shape index (κ1) is 14.8. The molecule has 0 aliphatic rings. The summed E-state index contributed by atoms with van der Waals surface area (Å²) in [6, 6.07) is 7.46. The molecular formula is C14H12Cl2FNO2. The molecule has 3 nitrogen and oxygen atoms in total. The number of hydrogen-bond acceptors (Lipinski definition) is 3. The molecule has 0 unspecified atom stereocenters. The van der Waals surface area contributed by atoms with Crippen molar-refractivity contribution in [3.63, 3.8) is 0 Å². The van der Waals surface area contributed by atoms with Gasteiger partial charge in [-0.05, 0) is 18.2 Å². The van der Waals surface area contributed by atoms with Crippen LogP contribution < -0.4 is 10.1 Å². The molecule has 0 aromatic heterocycles. The Kier molecular flexibility index (Phi) is 4.57. The maximum atomic E-state index is 13.6. The number of anilines is 1. The number of nitrogens with one attached hydrogen (secondary N) is 1. The Bertz CT molecular complexity index is 615. The molecule has 0 radical (unpaired) electrons. The highest BCUT2D eigenvalue weighted by atomic mass is 35.5. The fourth-order valence-electron chi connectivity index (χ4n) is 1.77. The van der Waals surface area contributed by atoms with Crippen molar-refractivity contribution in [1.82, 2.24) is 0 Å². The van der Waals surface area contributed by atoms with Gasteiger partial charge in [-0.25, -0.2) is 4.39 Å². The highest BCUT2D eigenvalue weighted by Crippen LogP contribution is 2.34. The molecule has 0 aliphatic heterocycles. The van der Waals surface area contributed by atoms with Crippen molar-refractivity contribution in [2.45, 2.75) is 6.54 Å². The summed E-state index contributed by atoms with van der Waals surface area (Å²) >= 11 is 11.8. The van der Waals surface area contributed by atoms with E-state index < -0.39 is 5.82 Å². The smallest absolute Gasteiger partial charge is 0.162 e. The molecule has 0 saturated heterocycles. The lowest BCUT2D eigenvalue weighted by Crippen LogP contribution is -2.03. The Labute approximate surface area is 125 Å². The lowest BCUT2D eigenvalue weighted by molar-refractivity contribution is 0.371. The molecule has 2 N–H and O–H groups in total.